The highest BCUT2D eigenvalue weighted by atomic mass is 35.5. The fourth-order valence-corrected chi connectivity index (χ4v) is 1.64. The Kier molecular flexibility index (Phi) is 3.63. The van der Waals surface area contributed by atoms with Crippen molar-refractivity contribution in [1.82, 2.24) is 0 Å². The zero-order valence-electron chi connectivity index (χ0n) is 7.96. The third kappa shape index (κ3) is 2.26. The average Bonchev–Trinajstić information content (AvgIpc) is 2.52. The summed E-state index contributed by atoms with van der Waals surface area (Å²) in [5.74, 6) is -0.788. The van der Waals surface area contributed by atoms with Gasteiger partial charge in [0.25, 0.3) is 0 Å². The minimum Gasteiger partial charge on any atom is -0.328 e. The van der Waals surface area contributed by atoms with Crippen LogP contribution in [0.4, 0.5) is 14.5 Å². The second kappa shape index (κ2) is 4.57. The van der Waals surface area contributed by atoms with Crippen LogP contribution in [-0.4, -0.2) is 12.4 Å². The maximum Gasteiger partial charge on any atom is 0.149 e. The summed E-state index contributed by atoms with van der Waals surface area (Å²) in [7, 11) is 0. The molecule has 1 N–H and O–H groups in total. The molecule has 1 aliphatic heterocycles. The quantitative estimate of drug-likeness (QED) is 0.792. The van der Waals surface area contributed by atoms with Gasteiger partial charge in [-0.2, -0.15) is 0 Å². The summed E-state index contributed by atoms with van der Waals surface area (Å²) >= 11 is 0. The first-order chi connectivity index (χ1) is 6.68. The Hall–Kier alpha value is -1.16. The van der Waals surface area contributed by atoms with Crippen LogP contribution < -0.4 is 4.90 Å². The van der Waals surface area contributed by atoms with Gasteiger partial charge in [-0.25, -0.2) is 8.78 Å². The lowest BCUT2D eigenvalue weighted by atomic mass is 10.2. The van der Waals surface area contributed by atoms with E-state index in [0.717, 1.165) is 12.5 Å². The number of anilines is 1. The Morgan fingerprint density at radius 3 is 2.53 bits per heavy atom. The number of hydrogen-bond donors (Lipinski definition) is 1. The van der Waals surface area contributed by atoms with E-state index < -0.39 is 11.6 Å². The van der Waals surface area contributed by atoms with E-state index in [1.165, 1.54) is 12.1 Å². The lowest BCUT2D eigenvalue weighted by Crippen LogP contribution is -2.24. The molecule has 1 aromatic carbocycles. The molecule has 1 fully saturated rings. The van der Waals surface area contributed by atoms with Crippen molar-refractivity contribution < 1.29 is 8.78 Å². The molecule has 0 unspecified atom stereocenters. The van der Waals surface area contributed by atoms with Gasteiger partial charge in [0.1, 0.15) is 17.5 Å². The number of nitrogens with one attached hydrogen (secondary N) is 1. The highest BCUT2D eigenvalue weighted by Crippen LogP contribution is 2.24. The van der Waals surface area contributed by atoms with Crippen LogP contribution in [0.25, 0.3) is 0 Å². The molecule has 0 amide bonds. The lowest BCUT2D eigenvalue weighted by Gasteiger charge is -2.18. The molecule has 1 aromatic rings. The Morgan fingerprint density at radius 1 is 1.27 bits per heavy atom. The van der Waals surface area contributed by atoms with Gasteiger partial charge in [-0.05, 0) is 18.6 Å². The monoisotopic (exact) mass is 232 g/mol. The van der Waals surface area contributed by atoms with Gasteiger partial charge in [0.15, 0.2) is 0 Å². The molecule has 1 heterocycles. The molecule has 1 saturated heterocycles. The normalized spacial score (nSPS) is 15.3. The zero-order chi connectivity index (χ0) is 10.1. The third-order valence-electron chi connectivity index (χ3n) is 2.32. The highest BCUT2D eigenvalue weighted by Gasteiger charge is 2.21. The molecule has 0 aliphatic carbocycles. The van der Waals surface area contributed by atoms with E-state index in [1.54, 1.807) is 4.90 Å². The first-order valence-electron chi connectivity index (χ1n) is 4.48. The number of benzene rings is 1. The fourth-order valence-electron chi connectivity index (χ4n) is 1.64. The smallest absolute Gasteiger partial charge is 0.149 e. The van der Waals surface area contributed by atoms with Gasteiger partial charge in [0.05, 0.1) is 5.69 Å². The van der Waals surface area contributed by atoms with Gasteiger partial charge >= 0.3 is 0 Å². The Bertz CT molecular complexity index is 382. The summed E-state index contributed by atoms with van der Waals surface area (Å²) in [5.41, 5.74) is 0.300. The van der Waals surface area contributed by atoms with Crippen molar-refractivity contribution in [2.24, 2.45) is 0 Å². The maximum absolute atomic E-state index is 13.3. The molecule has 0 saturated carbocycles. The first kappa shape index (κ1) is 11.9. The van der Waals surface area contributed by atoms with Gasteiger partial charge in [-0.1, -0.05) is 0 Å². The van der Waals surface area contributed by atoms with Crippen LogP contribution in [0.1, 0.15) is 12.8 Å². The van der Waals surface area contributed by atoms with E-state index in [9.17, 15) is 8.78 Å². The van der Waals surface area contributed by atoms with E-state index >= 15 is 0 Å². The largest absolute Gasteiger partial charge is 0.328 e. The average molecular weight is 233 g/mol. The van der Waals surface area contributed by atoms with E-state index in [2.05, 4.69) is 0 Å². The van der Waals surface area contributed by atoms with Crippen molar-refractivity contribution in [3.8, 4) is 0 Å². The van der Waals surface area contributed by atoms with Gasteiger partial charge < -0.3 is 4.90 Å². The number of rotatable bonds is 1. The Balaban J connectivity index is 0.00000112. The molecule has 2 nitrogen and oxygen atoms in total. The van der Waals surface area contributed by atoms with Crippen LogP contribution in [0, 0.1) is 17.0 Å². The summed E-state index contributed by atoms with van der Waals surface area (Å²) in [6.45, 7) is 0.640. The van der Waals surface area contributed by atoms with Crippen molar-refractivity contribution in [2.75, 3.05) is 11.4 Å². The summed E-state index contributed by atoms with van der Waals surface area (Å²) in [6.07, 6.45) is 1.52. The molecule has 0 aromatic heterocycles. The predicted octanol–water partition coefficient (Wildman–Crippen LogP) is 2.96. The van der Waals surface area contributed by atoms with Crippen molar-refractivity contribution in [3.05, 3.63) is 29.8 Å². The van der Waals surface area contributed by atoms with Crippen molar-refractivity contribution >= 4 is 23.9 Å². The van der Waals surface area contributed by atoms with Crippen molar-refractivity contribution in [1.29, 1.82) is 5.41 Å². The Morgan fingerprint density at radius 2 is 2.00 bits per heavy atom. The van der Waals surface area contributed by atoms with Crippen LogP contribution in [-0.2, 0) is 0 Å². The number of amidine groups is 1. The minimum absolute atomic E-state index is 0. The SMILES string of the molecule is Cl.N=C1CCCN1c1ccc(F)cc1F. The van der Waals surface area contributed by atoms with Crippen molar-refractivity contribution in [2.45, 2.75) is 12.8 Å². The van der Waals surface area contributed by atoms with Crippen LogP contribution in [0.2, 0.25) is 0 Å². The number of nitrogens with zero attached hydrogens (tertiary/aromatic N) is 1. The number of halogens is 3. The van der Waals surface area contributed by atoms with Crippen LogP contribution in [0.3, 0.4) is 0 Å². The molecule has 0 radical (unpaired) electrons. The molecule has 2 rings (SSSR count). The van der Waals surface area contributed by atoms with Gasteiger partial charge in [-0.15, -0.1) is 12.4 Å². The van der Waals surface area contributed by atoms with Gasteiger partial charge in [0, 0.05) is 19.0 Å². The summed E-state index contributed by atoms with van der Waals surface area (Å²) in [6, 6.07) is 3.44. The minimum atomic E-state index is -0.600. The molecule has 15 heavy (non-hydrogen) atoms. The molecular weight excluding hydrogens is 222 g/mol. The summed E-state index contributed by atoms with van der Waals surface area (Å²) < 4.78 is 25.9. The van der Waals surface area contributed by atoms with E-state index in [4.69, 9.17) is 5.41 Å². The van der Waals surface area contributed by atoms with Crippen LogP contribution >= 0.6 is 12.4 Å². The van der Waals surface area contributed by atoms with E-state index in [0.29, 0.717) is 24.5 Å². The lowest BCUT2D eigenvalue weighted by molar-refractivity contribution is 0.583. The topological polar surface area (TPSA) is 27.1 Å². The number of hydrogen-bond acceptors (Lipinski definition) is 1. The maximum atomic E-state index is 13.3. The molecule has 0 atom stereocenters. The Labute approximate surface area is 92.8 Å². The molecule has 82 valence electrons. The molecule has 5 heteroatoms. The second-order valence-electron chi connectivity index (χ2n) is 3.30. The standard InChI is InChI=1S/C10H10F2N2.ClH/c11-7-3-4-9(8(12)6-7)14-5-1-2-10(14)13;/h3-4,6,13H,1-2,5H2;1H. The molecular formula is C10H11ClF2N2. The van der Waals surface area contributed by atoms with Gasteiger partial charge in [0.2, 0.25) is 0 Å². The van der Waals surface area contributed by atoms with E-state index in [-0.39, 0.29) is 12.4 Å². The second-order valence-corrected chi connectivity index (χ2v) is 3.30. The van der Waals surface area contributed by atoms with Crippen molar-refractivity contribution in [3.63, 3.8) is 0 Å². The molecule has 0 bridgehead atoms. The molecule has 1 aliphatic rings. The van der Waals surface area contributed by atoms with Crippen LogP contribution in [0.5, 0.6) is 0 Å². The summed E-state index contributed by atoms with van der Waals surface area (Å²) in [4.78, 5) is 1.58. The third-order valence-corrected chi connectivity index (χ3v) is 2.32. The predicted molar refractivity (Wildman–Crippen MR) is 57.9 cm³/mol. The fraction of sp³-hybridized carbons (Fsp3) is 0.300. The highest BCUT2D eigenvalue weighted by molar-refractivity contribution is 5.97. The first-order valence-corrected chi connectivity index (χ1v) is 4.48. The molecule has 0 spiro atoms. The van der Waals surface area contributed by atoms with Crippen LogP contribution in [0.15, 0.2) is 18.2 Å². The van der Waals surface area contributed by atoms with Gasteiger partial charge in [-0.3, -0.25) is 5.41 Å². The zero-order valence-corrected chi connectivity index (χ0v) is 8.78. The summed E-state index contributed by atoms with van der Waals surface area (Å²) in [5, 5.41) is 7.56. The van der Waals surface area contributed by atoms with E-state index in [1.807, 2.05) is 0 Å².